The van der Waals surface area contributed by atoms with Crippen LogP contribution in [0.15, 0.2) is 36.4 Å². The van der Waals surface area contributed by atoms with E-state index in [-0.39, 0.29) is 58.4 Å². The number of carboxylic acids is 6. The van der Waals surface area contributed by atoms with Crippen molar-refractivity contribution in [1.29, 1.82) is 0 Å². The van der Waals surface area contributed by atoms with Crippen LogP contribution in [0.4, 0.5) is 5.69 Å². The Labute approximate surface area is 370 Å². The van der Waals surface area contributed by atoms with Gasteiger partial charge in [0.25, 0.3) is 0 Å². The third-order valence-corrected chi connectivity index (χ3v) is 11.4. The van der Waals surface area contributed by atoms with Gasteiger partial charge in [0.2, 0.25) is 0 Å². The molecule has 0 saturated carbocycles. The van der Waals surface area contributed by atoms with Crippen molar-refractivity contribution in [2.24, 2.45) is 0 Å². The normalized spacial score (nSPS) is 20.7. The monoisotopic (exact) mass is 899 g/mol. The predicted molar refractivity (Wildman–Crippen MR) is 233 cm³/mol. The average molecular weight is 900 g/mol. The molecular weight excluding hydrogens is 839 g/mol. The van der Waals surface area contributed by atoms with Crippen molar-refractivity contribution >= 4 is 58.4 Å². The number of anilines is 1. The Hall–Kier alpha value is -5.34. The molecule has 5 rings (SSSR count). The van der Waals surface area contributed by atoms with Crippen LogP contribution in [0.5, 0.6) is 0 Å². The summed E-state index contributed by atoms with van der Waals surface area (Å²) in [5, 5.41) is 63.3. The molecule has 0 radical (unpaired) electrons. The number of benzene rings is 2. The van der Waals surface area contributed by atoms with Gasteiger partial charge in [-0.3, -0.25) is 58.2 Å². The Bertz CT molecular complexity index is 1910. The first-order valence-corrected chi connectivity index (χ1v) is 21.3. The summed E-state index contributed by atoms with van der Waals surface area (Å²) in [6.45, 7) is 3.72. The lowest BCUT2D eigenvalue weighted by Crippen LogP contribution is -2.52. The number of carbonyl (C=O) groups is 6. The number of hydrogen-bond donors (Lipinski definition) is 9. The zero-order valence-corrected chi connectivity index (χ0v) is 35.9. The van der Waals surface area contributed by atoms with Crippen LogP contribution in [0.1, 0.15) is 17.2 Å². The lowest BCUT2D eigenvalue weighted by Gasteiger charge is -2.35. The summed E-state index contributed by atoms with van der Waals surface area (Å²) in [6, 6.07) is 9.60. The molecule has 1 atom stereocenters. The lowest BCUT2D eigenvalue weighted by atomic mass is 9.89. The summed E-state index contributed by atoms with van der Waals surface area (Å²) in [7, 11) is 0. The van der Waals surface area contributed by atoms with Gasteiger partial charge in [-0.05, 0) is 22.4 Å². The Morgan fingerprint density at radius 3 is 1.20 bits per heavy atom. The van der Waals surface area contributed by atoms with Crippen molar-refractivity contribution < 1.29 is 59.4 Å². The predicted octanol–water partition coefficient (Wildman–Crippen LogP) is -1.81. The average Bonchev–Trinajstić information content (AvgIpc) is 3.21. The van der Waals surface area contributed by atoms with Gasteiger partial charge in [0.15, 0.2) is 0 Å². The topological polar surface area (TPSA) is 286 Å². The fourth-order valence-electron chi connectivity index (χ4n) is 8.13. The summed E-state index contributed by atoms with van der Waals surface area (Å²) in [5.74, 6) is -6.08. The highest BCUT2D eigenvalue weighted by Crippen LogP contribution is 2.37. The third kappa shape index (κ3) is 16.3. The van der Waals surface area contributed by atoms with E-state index in [1.807, 2.05) is 52.5 Å². The van der Waals surface area contributed by atoms with Crippen molar-refractivity contribution in [3.63, 3.8) is 0 Å². The first-order valence-electron chi connectivity index (χ1n) is 21.3. The molecule has 0 amide bonds. The number of hydrogen-bond acceptors (Lipinski definition) is 17. The molecule has 352 valence electrons. The Balaban J connectivity index is 1.34. The van der Waals surface area contributed by atoms with Crippen molar-refractivity contribution in [3.8, 4) is 0 Å². The molecule has 23 heteroatoms. The Morgan fingerprint density at radius 2 is 0.828 bits per heavy atom. The van der Waals surface area contributed by atoms with Crippen LogP contribution in [0, 0.1) is 0 Å². The van der Waals surface area contributed by atoms with E-state index >= 15 is 0 Å². The number of hydrazine groups is 3. The van der Waals surface area contributed by atoms with Gasteiger partial charge in [0.1, 0.15) is 0 Å². The van der Waals surface area contributed by atoms with Gasteiger partial charge >= 0.3 is 35.8 Å². The van der Waals surface area contributed by atoms with Crippen LogP contribution in [0.25, 0.3) is 16.8 Å². The van der Waals surface area contributed by atoms with Gasteiger partial charge in [0, 0.05) is 110 Å². The second-order valence-electron chi connectivity index (χ2n) is 16.2. The molecule has 1 unspecified atom stereocenters. The second-order valence-corrected chi connectivity index (χ2v) is 16.2. The van der Waals surface area contributed by atoms with Gasteiger partial charge < -0.3 is 36.1 Å². The number of aliphatic carboxylic acids is 6. The van der Waals surface area contributed by atoms with E-state index in [1.54, 1.807) is 29.4 Å². The summed E-state index contributed by atoms with van der Waals surface area (Å²) in [6.07, 6.45) is 4.02. The molecule has 0 bridgehead atoms. The van der Waals surface area contributed by atoms with Crippen molar-refractivity contribution in [2.45, 2.75) is 6.04 Å². The van der Waals surface area contributed by atoms with Crippen LogP contribution < -0.4 is 16.4 Å². The Morgan fingerprint density at radius 1 is 0.469 bits per heavy atom. The summed E-state index contributed by atoms with van der Waals surface area (Å²) in [4.78, 5) is 80.7. The van der Waals surface area contributed by atoms with Crippen LogP contribution in [0.2, 0.25) is 0 Å². The fraction of sp³-hybridized carbons (Fsp3) is 0.561. The van der Waals surface area contributed by atoms with Crippen LogP contribution in [0.3, 0.4) is 0 Å². The molecule has 2 aromatic rings. The van der Waals surface area contributed by atoms with Crippen molar-refractivity contribution in [3.05, 3.63) is 47.5 Å². The zero-order valence-electron chi connectivity index (χ0n) is 35.9. The SMILES string of the molecule is O=C(O)CN1CCN(CC(=O)O)CCN(NNc2ccc3cccc4c3c2C=CC4NN2CCN(CC(=O)O)CCN(CC(=O)O)CCN(CC(=O)O)CC2)CCN(CC(=O)O)CC1. The molecule has 2 fully saturated rings. The quantitative estimate of drug-likeness (QED) is 0.0792. The largest absolute Gasteiger partial charge is 0.480 e. The first kappa shape index (κ1) is 49.7. The molecular formula is C41H61N11O12. The molecule has 0 aromatic heterocycles. The molecule has 64 heavy (non-hydrogen) atoms. The van der Waals surface area contributed by atoms with Crippen LogP contribution in [-0.2, 0) is 28.8 Å². The highest BCUT2D eigenvalue weighted by molar-refractivity contribution is 6.00. The van der Waals surface area contributed by atoms with Crippen molar-refractivity contribution in [1.82, 2.24) is 50.4 Å². The van der Waals surface area contributed by atoms with E-state index in [0.717, 1.165) is 27.6 Å². The highest BCUT2D eigenvalue weighted by Gasteiger charge is 2.26. The number of carboxylic acid groups (broad SMARTS) is 6. The number of nitrogens with one attached hydrogen (secondary N) is 3. The minimum atomic E-state index is -1.03. The molecule has 2 heterocycles. The van der Waals surface area contributed by atoms with Gasteiger partial charge in [-0.1, -0.05) is 36.4 Å². The maximum absolute atomic E-state index is 11.8. The molecule has 9 N–H and O–H groups in total. The molecule has 2 aliphatic heterocycles. The molecule has 2 saturated heterocycles. The maximum atomic E-state index is 11.8. The van der Waals surface area contributed by atoms with E-state index < -0.39 is 35.8 Å². The Kier molecular flexibility index (Phi) is 19.1. The van der Waals surface area contributed by atoms with Crippen molar-refractivity contribution in [2.75, 3.05) is 149 Å². The third-order valence-electron chi connectivity index (χ3n) is 11.4. The minimum Gasteiger partial charge on any atom is -0.480 e. The number of rotatable bonds is 17. The second kappa shape index (κ2) is 24.6. The number of nitrogens with zero attached hydrogens (tertiary/aromatic N) is 8. The molecule has 0 spiro atoms. The van der Waals surface area contributed by atoms with Crippen LogP contribution >= 0.6 is 0 Å². The molecule has 3 aliphatic rings. The lowest BCUT2D eigenvalue weighted by molar-refractivity contribution is -0.140. The van der Waals surface area contributed by atoms with E-state index in [1.165, 1.54) is 0 Å². The minimum absolute atomic E-state index is 0.230. The van der Waals surface area contributed by atoms with E-state index in [2.05, 4.69) is 16.4 Å². The summed E-state index contributed by atoms with van der Waals surface area (Å²) in [5.41, 5.74) is 12.8. The van der Waals surface area contributed by atoms with Gasteiger partial charge in [0.05, 0.1) is 51.0 Å². The van der Waals surface area contributed by atoms with Gasteiger partial charge in [-0.2, -0.15) is 5.53 Å². The van der Waals surface area contributed by atoms with Gasteiger partial charge in [-0.25, -0.2) is 15.4 Å². The zero-order chi connectivity index (χ0) is 46.2. The maximum Gasteiger partial charge on any atom is 0.317 e. The molecule has 1 aliphatic carbocycles. The highest BCUT2D eigenvalue weighted by atomic mass is 16.4. The fourth-order valence-corrected chi connectivity index (χ4v) is 8.13. The standard InChI is InChI=1S/C41H61N11O12/c53-35(54)24-45-8-12-47(26-37(57)58)16-20-51(21-17-48(13-9-45)27-38(59)60)43-34-7-5-32-33(6-4-30-2-1-3-31(34)41(30)32)42-44-52-22-18-49(28-39(61)62)14-10-46(25-36(55)56)11-15-50(19-23-52)29-40(63)64/h1-7,34,42-44H,8-29H2,(H,53,54)(H,55,56)(H,57,58)(H,59,60)(H,61,62)(H,63,64). The van der Waals surface area contributed by atoms with E-state index in [4.69, 9.17) is 0 Å². The summed E-state index contributed by atoms with van der Waals surface area (Å²) < 4.78 is 0. The van der Waals surface area contributed by atoms with E-state index in [0.29, 0.717) is 91.6 Å². The summed E-state index contributed by atoms with van der Waals surface area (Å²) >= 11 is 0. The molecule has 23 nitrogen and oxygen atoms in total. The van der Waals surface area contributed by atoms with Gasteiger partial charge in [-0.15, -0.1) is 0 Å². The van der Waals surface area contributed by atoms with Crippen LogP contribution in [-0.4, -0.2) is 250 Å². The van der Waals surface area contributed by atoms with E-state index in [9.17, 15) is 59.4 Å². The first-order chi connectivity index (χ1) is 30.6. The molecule has 2 aromatic carbocycles. The smallest absolute Gasteiger partial charge is 0.317 e.